The van der Waals surface area contributed by atoms with E-state index in [-0.39, 0.29) is 19.1 Å². The third kappa shape index (κ3) is 3.81. The van der Waals surface area contributed by atoms with Crippen molar-refractivity contribution in [2.45, 2.75) is 38.8 Å². The van der Waals surface area contributed by atoms with Crippen molar-refractivity contribution >= 4 is 21.8 Å². The van der Waals surface area contributed by atoms with Crippen LogP contribution < -0.4 is 5.32 Å². The largest absolute Gasteiger partial charge is 0.394 e. The molecule has 6 heteroatoms. The molecule has 0 aliphatic heterocycles. The average molecular weight is 333 g/mol. The predicted octanol–water partition coefficient (Wildman–Crippen LogP) is 1.52. The monoisotopic (exact) mass is 332 g/mol. The summed E-state index contributed by atoms with van der Waals surface area (Å²) in [5.74, 6) is -0.288. The maximum atomic E-state index is 12.3. The van der Waals surface area contributed by atoms with E-state index in [4.69, 9.17) is 0 Å². The first-order chi connectivity index (χ1) is 9.01. The van der Waals surface area contributed by atoms with Crippen LogP contribution in [0.5, 0.6) is 0 Å². The van der Waals surface area contributed by atoms with Crippen LogP contribution in [0.15, 0.2) is 16.7 Å². The lowest BCUT2D eigenvalue weighted by molar-refractivity contribution is 0.0645. The van der Waals surface area contributed by atoms with Gasteiger partial charge in [0.2, 0.25) is 0 Å². The predicted molar refractivity (Wildman–Crippen MR) is 77.1 cm³/mol. The van der Waals surface area contributed by atoms with Crippen LogP contribution in [0, 0.1) is 0 Å². The molecule has 0 unspecified atom stereocenters. The van der Waals surface area contributed by atoms with E-state index in [0.29, 0.717) is 12.1 Å². The molecule has 0 fully saturated rings. The van der Waals surface area contributed by atoms with Gasteiger partial charge in [0.1, 0.15) is 5.69 Å². The zero-order chi connectivity index (χ0) is 14.5. The van der Waals surface area contributed by atoms with E-state index in [1.165, 1.54) is 0 Å². The Morgan fingerprint density at radius 1 is 1.42 bits per heavy atom. The molecular formula is C13H21BrN2O3. The Morgan fingerprint density at radius 2 is 2.05 bits per heavy atom. The number of hydrogen-bond donors (Lipinski definition) is 3. The second-order valence-electron chi connectivity index (χ2n) is 4.64. The zero-order valence-corrected chi connectivity index (χ0v) is 12.9. The maximum absolute atomic E-state index is 12.3. The molecule has 19 heavy (non-hydrogen) atoms. The second-order valence-corrected chi connectivity index (χ2v) is 5.56. The van der Waals surface area contributed by atoms with E-state index in [1.807, 2.05) is 24.6 Å². The molecule has 108 valence electrons. The molecule has 5 nitrogen and oxygen atoms in total. The number of rotatable bonds is 7. The van der Waals surface area contributed by atoms with Crippen LogP contribution in [0.4, 0.5) is 0 Å². The van der Waals surface area contributed by atoms with Crippen LogP contribution in [0.3, 0.4) is 0 Å². The third-order valence-corrected chi connectivity index (χ3v) is 3.65. The Labute approximate surface area is 121 Å². The van der Waals surface area contributed by atoms with Crippen molar-refractivity contribution in [3.63, 3.8) is 0 Å². The maximum Gasteiger partial charge on any atom is 0.268 e. The molecule has 0 saturated heterocycles. The molecule has 0 radical (unpaired) electrons. The van der Waals surface area contributed by atoms with Gasteiger partial charge in [0.15, 0.2) is 0 Å². The lowest BCUT2D eigenvalue weighted by Crippen LogP contribution is -2.54. The van der Waals surface area contributed by atoms with Crippen LogP contribution in [0.25, 0.3) is 0 Å². The highest BCUT2D eigenvalue weighted by atomic mass is 79.9. The van der Waals surface area contributed by atoms with Gasteiger partial charge in [-0.3, -0.25) is 4.79 Å². The van der Waals surface area contributed by atoms with Gasteiger partial charge in [0.05, 0.1) is 18.8 Å². The number of nitrogens with one attached hydrogen (secondary N) is 1. The van der Waals surface area contributed by atoms with Crippen molar-refractivity contribution in [2.75, 3.05) is 13.2 Å². The smallest absolute Gasteiger partial charge is 0.268 e. The van der Waals surface area contributed by atoms with Crippen molar-refractivity contribution in [3.8, 4) is 0 Å². The quantitative estimate of drug-likeness (QED) is 0.708. The van der Waals surface area contributed by atoms with Gasteiger partial charge in [0.25, 0.3) is 5.91 Å². The minimum atomic E-state index is -0.967. The highest BCUT2D eigenvalue weighted by Crippen LogP contribution is 2.17. The molecule has 0 atom stereocenters. The molecule has 1 rings (SSSR count). The Balaban J connectivity index is 2.94. The lowest BCUT2D eigenvalue weighted by atomic mass is 9.98. The summed E-state index contributed by atoms with van der Waals surface area (Å²) in [6.07, 6.45) is 3.23. The normalized spacial score (nSPS) is 11.6. The first kappa shape index (κ1) is 16.2. The van der Waals surface area contributed by atoms with Gasteiger partial charge in [-0.25, -0.2) is 0 Å². The minimum absolute atomic E-state index is 0.288. The summed E-state index contributed by atoms with van der Waals surface area (Å²) in [6.45, 7) is 4.01. The third-order valence-electron chi connectivity index (χ3n) is 3.22. The summed E-state index contributed by atoms with van der Waals surface area (Å²) in [5.41, 5.74) is -0.446. The van der Waals surface area contributed by atoms with Crippen molar-refractivity contribution in [3.05, 3.63) is 22.4 Å². The van der Waals surface area contributed by atoms with Gasteiger partial charge in [-0.2, -0.15) is 0 Å². The fraction of sp³-hybridized carbons (Fsp3) is 0.615. The van der Waals surface area contributed by atoms with E-state index in [9.17, 15) is 15.0 Å². The Hall–Kier alpha value is -0.850. The molecule has 0 bridgehead atoms. The van der Waals surface area contributed by atoms with Crippen molar-refractivity contribution < 1.29 is 15.0 Å². The van der Waals surface area contributed by atoms with E-state index >= 15 is 0 Å². The topological polar surface area (TPSA) is 74.5 Å². The number of carbonyl (C=O) groups excluding carboxylic acids is 1. The number of hydrogen-bond acceptors (Lipinski definition) is 3. The van der Waals surface area contributed by atoms with Crippen LogP contribution in [-0.2, 0) is 6.54 Å². The van der Waals surface area contributed by atoms with Gasteiger partial charge in [-0.1, -0.05) is 13.8 Å². The highest BCUT2D eigenvalue weighted by molar-refractivity contribution is 9.10. The molecule has 0 spiro atoms. The van der Waals surface area contributed by atoms with Crippen LogP contribution in [0.1, 0.15) is 37.2 Å². The van der Waals surface area contributed by atoms with Crippen molar-refractivity contribution in [2.24, 2.45) is 0 Å². The molecular weight excluding hydrogens is 312 g/mol. The molecule has 1 aromatic heterocycles. The molecule has 0 saturated carbocycles. The van der Waals surface area contributed by atoms with E-state index < -0.39 is 5.54 Å². The summed E-state index contributed by atoms with van der Waals surface area (Å²) in [5, 5.41) is 21.4. The van der Waals surface area contributed by atoms with Crippen molar-refractivity contribution in [1.29, 1.82) is 0 Å². The van der Waals surface area contributed by atoms with Gasteiger partial charge >= 0.3 is 0 Å². The Bertz CT molecular complexity index is 419. The fourth-order valence-corrected chi connectivity index (χ4v) is 2.30. The first-order valence-electron chi connectivity index (χ1n) is 6.41. The Kier molecular flexibility index (Phi) is 6.03. The fourth-order valence-electron chi connectivity index (χ4n) is 1.84. The first-order valence-corrected chi connectivity index (χ1v) is 7.21. The van der Waals surface area contributed by atoms with E-state index in [0.717, 1.165) is 17.4 Å². The van der Waals surface area contributed by atoms with Gasteiger partial charge in [-0.15, -0.1) is 0 Å². The van der Waals surface area contributed by atoms with Gasteiger partial charge in [-0.05, 0) is 34.8 Å². The standard InChI is InChI=1S/C13H21BrN2O3/c1-3-5-16-7-10(14)6-11(16)12(19)15-13(4-2,8-17)9-18/h6-7,17-18H,3-5,8-9H2,1-2H3,(H,15,19). The SMILES string of the molecule is CCCn1cc(Br)cc1C(=O)NC(CC)(CO)CO. The van der Waals surface area contributed by atoms with Crippen LogP contribution >= 0.6 is 15.9 Å². The summed E-state index contributed by atoms with van der Waals surface area (Å²) < 4.78 is 2.69. The van der Waals surface area contributed by atoms with Crippen LogP contribution in [-0.4, -0.2) is 39.4 Å². The van der Waals surface area contributed by atoms with Gasteiger partial charge < -0.3 is 20.1 Å². The summed E-state index contributed by atoms with van der Waals surface area (Å²) in [4.78, 5) is 12.3. The number of aryl methyl sites for hydroxylation is 1. The molecule has 1 aromatic rings. The molecule has 1 heterocycles. The summed E-state index contributed by atoms with van der Waals surface area (Å²) in [7, 11) is 0. The van der Waals surface area contributed by atoms with Gasteiger partial charge in [0, 0.05) is 17.2 Å². The summed E-state index contributed by atoms with van der Waals surface area (Å²) >= 11 is 3.35. The second kappa shape index (κ2) is 7.07. The molecule has 0 aliphatic carbocycles. The summed E-state index contributed by atoms with van der Waals surface area (Å²) in [6, 6.07) is 1.74. The van der Waals surface area contributed by atoms with E-state index in [1.54, 1.807) is 6.07 Å². The number of aliphatic hydroxyl groups excluding tert-OH is 2. The number of halogens is 1. The number of carbonyl (C=O) groups is 1. The molecule has 0 aromatic carbocycles. The number of aromatic nitrogens is 1. The highest BCUT2D eigenvalue weighted by Gasteiger charge is 2.29. The zero-order valence-electron chi connectivity index (χ0n) is 11.3. The minimum Gasteiger partial charge on any atom is -0.394 e. The number of amides is 1. The number of nitrogens with zero attached hydrogens (tertiary/aromatic N) is 1. The lowest BCUT2D eigenvalue weighted by Gasteiger charge is -2.29. The molecule has 3 N–H and O–H groups in total. The number of aliphatic hydroxyl groups is 2. The molecule has 0 aliphatic rings. The molecule has 1 amide bonds. The Morgan fingerprint density at radius 3 is 2.53 bits per heavy atom. The van der Waals surface area contributed by atoms with Crippen LogP contribution in [0.2, 0.25) is 0 Å². The van der Waals surface area contributed by atoms with E-state index in [2.05, 4.69) is 21.2 Å². The van der Waals surface area contributed by atoms with Crippen molar-refractivity contribution in [1.82, 2.24) is 9.88 Å². The average Bonchev–Trinajstić information content (AvgIpc) is 2.77.